The maximum Gasteiger partial charge on any atom is 0.387 e. The fourth-order valence-electron chi connectivity index (χ4n) is 2.57. The van der Waals surface area contributed by atoms with Crippen molar-refractivity contribution < 1.29 is 13.5 Å². The molecule has 0 saturated heterocycles. The summed E-state index contributed by atoms with van der Waals surface area (Å²) in [4.78, 5) is 0. The minimum absolute atomic E-state index is 0.127. The molecule has 3 rings (SSSR count). The molecule has 3 aromatic rings. The highest BCUT2D eigenvalue weighted by atomic mass is 19.3. The molecule has 130 valence electrons. The lowest BCUT2D eigenvalue weighted by Gasteiger charge is -2.13. The first-order chi connectivity index (χ1) is 12.6. The number of nitrogen functional groups attached to an aromatic ring is 1. The van der Waals surface area contributed by atoms with E-state index in [0.29, 0.717) is 5.69 Å². The number of hydrogen-bond acceptors (Lipinski definition) is 2. The predicted octanol–water partition coefficient (Wildman–Crippen LogP) is 5.05. The Morgan fingerprint density at radius 2 is 1.38 bits per heavy atom. The Morgan fingerprint density at radius 3 is 2.00 bits per heavy atom. The fourth-order valence-corrected chi connectivity index (χ4v) is 2.57. The third kappa shape index (κ3) is 4.61. The Kier molecular flexibility index (Phi) is 5.50. The number of hydrogen-bond donors (Lipinski definition) is 1. The lowest BCUT2D eigenvalue weighted by Crippen LogP contribution is -2.03. The van der Waals surface area contributed by atoms with E-state index in [1.165, 1.54) is 12.1 Å². The van der Waals surface area contributed by atoms with Crippen molar-refractivity contribution in [2.45, 2.75) is 12.5 Å². The van der Waals surface area contributed by atoms with Crippen LogP contribution in [0.15, 0.2) is 78.9 Å². The Morgan fingerprint density at radius 1 is 0.769 bits per heavy atom. The van der Waals surface area contributed by atoms with E-state index in [1.54, 1.807) is 24.3 Å². The normalized spacial score (nSPS) is 11.5. The van der Waals surface area contributed by atoms with Crippen molar-refractivity contribution in [1.29, 1.82) is 0 Å². The summed E-state index contributed by atoms with van der Waals surface area (Å²) in [7, 11) is 0. The molecule has 0 fully saturated rings. The summed E-state index contributed by atoms with van der Waals surface area (Å²) >= 11 is 0. The first-order valence-electron chi connectivity index (χ1n) is 8.08. The van der Waals surface area contributed by atoms with Crippen molar-refractivity contribution in [3.8, 4) is 17.6 Å². The average molecular weight is 349 g/mol. The van der Waals surface area contributed by atoms with Crippen molar-refractivity contribution in [3.05, 3.63) is 95.6 Å². The van der Waals surface area contributed by atoms with E-state index < -0.39 is 6.61 Å². The molecule has 2 N–H and O–H groups in total. The highest BCUT2D eigenvalue weighted by Gasteiger charge is 2.12. The maximum atomic E-state index is 12.3. The second-order valence-electron chi connectivity index (χ2n) is 5.68. The molecular formula is C22H17F2NO. The molecule has 0 spiro atoms. The quantitative estimate of drug-likeness (QED) is 0.528. The molecule has 0 radical (unpaired) electrons. The number of benzene rings is 3. The minimum Gasteiger partial charge on any atom is -0.435 e. The zero-order chi connectivity index (χ0) is 18.4. The SMILES string of the molecule is Nc1ccc(C#CC(c2ccccc2)c2ccc(OC(F)F)cc2)cc1. The zero-order valence-electron chi connectivity index (χ0n) is 13.9. The summed E-state index contributed by atoms with van der Waals surface area (Å²) in [6, 6.07) is 23.7. The van der Waals surface area contributed by atoms with Gasteiger partial charge in [0, 0.05) is 11.3 Å². The number of rotatable bonds is 4. The van der Waals surface area contributed by atoms with E-state index in [9.17, 15) is 8.78 Å². The molecular weight excluding hydrogens is 332 g/mol. The lowest BCUT2D eigenvalue weighted by atomic mass is 9.91. The molecule has 0 amide bonds. The van der Waals surface area contributed by atoms with Gasteiger partial charge in [-0.3, -0.25) is 0 Å². The molecule has 2 nitrogen and oxygen atoms in total. The van der Waals surface area contributed by atoms with E-state index in [0.717, 1.165) is 16.7 Å². The standard InChI is InChI=1S/C22H17F2NO/c23-22(24)26-20-13-9-18(10-14-20)21(17-4-2-1-3-5-17)15-8-16-6-11-19(25)12-7-16/h1-7,9-14,21-22H,25H2. The van der Waals surface area contributed by atoms with Crippen molar-refractivity contribution in [2.75, 3.05) is 5.73 Å². The van der Waals surface area contributed by atoms with Gasteiger partial charge >= 0.3 is 6.61 Å². The molecule has 0 aliphatic heterocycles. The summed E-state index contributed by atoms with van der Waals surface area (Å²) < 4.78 is 29.1. The van der Waals surface area contributed by atoms with Crippen LogP contribution >= 0.6 is 0 Å². The summed E-state index contributed by atoms with van der Waals surface area (Å²) in [6.07, 6.45) is 0. The Labute approximate surface area is 151 Å². The molecule has 0 heterocycles. The number of anilines is 1. The maximum absolute atomic E-state index is 12.3. The van der Waals surface area contributed by atoms with Gasteiger partial charge in [0.25, 0.3) is 0 Å². The summed E-state index contributed by atoms with van der Waals surface area (Å²) in [5, 5.41) is 0. The molecule has 3 aromatic carbocycles. The van der Waals surface area contributed by atoms with Crippen LogP contribution in [-0.4, -0.2) is 6.61 Å². The van der Waals surface area contributed by atoms with Crippen LogP contribution < -0.4 is 10.5 Å². The van der Waals surface area contributed by atoms with Crippen LogP contribution in [0.3, 0.4) is 0 Å². The molecule has 0 aromatic heterocycles. The van der Waals surface area contributed by atoms with Gasteiger partial charge in [-0.25, -0.2) is 0 Å². The van der Waals surface area contributed by atoms with Gasteiger partial charge in [-0.05, 0) is 47.5 Å². The van der Waals surface area contributed by atoms with Gasteiger partial charge in [0.05, 0.1) is 5.92 Å². The van der Waals surface area contributed by atoms with Gasteiger partial charge in [-0.1, -0.05) is 54.3 Å². The van der Waals surface area contributed by atoms with Crippen molar-refractivity contribution in [1.82, 2.24) is 0 Å². The molecule has 26 heavy (non-hydrogen) atoms. The molecule has 0 aliphatic rings. The van der Waals surface area contributed by atoms with Gasteiger partial charge in [0.2, 0.25) is 0 Å². The first-order valence-corrected chi connectivity index (χ1v) is 8.08. The van der Waals surface area contributed by atoms with E-state index in [2.05, 4.69) is 16.6 Å². The van der Waals surface area contributed by atoms with Crippen molar-refractivity contribution in [2.24, 2.45) is 0 Å². The Hall–Kier alpha value is -3.32. The topological polar surface area (TPSA) is 35.2 Å². The second kappa shape index (κ2) is 8.17. The Bertz CT molecular complexity index is 895. The molecule has 0 bridgehead atoms. The number of alkyl halides is 2. The molecule has 0 saturated carbocycles. The number of ether oxygens (including phenoxy) is 1. The fraction of sp³-hybridized carbons (Fsp3) is 0.0909. The molecule has 1 unspecified atom stereocenters. The average Bonchev–Trinajstić information content (AvgIpc) is 2.65. The van der Waals surface area contributed by atoms with Gasteiger partial charge in [0.1, 0.15) is 5.75 Å². The summed E-state index contributed by atoms with van der Waals surface area (Å²) in [6.45, 7) is -2.84. The van der Waals surface area contributed by atoms with Gasteiger partial charge in [-0.2, -0.15) is 8.78 Å². The van der Waals surface area contributed by atoms with Gasteiger partial charge in [-0.15, -0.1) is 0 Å². The van der Waals surface area contributed by atoms with E-state index in [1.807, 2.05) is 42.5 Å². The third-order valence-electron chi connectivity index (χ3n) is 3.84. The third-order valence-corrected chi connectivity index (χ3v) is 3.84. The minimum atomic E-state index is -2.84. The van der Waals surface area contributed by atoms with Gasteiger partial charge in [0.15, 0.2) is 0 Å². The van der Waals surface area contributed by atoms with Gasteiger partial charge < -0.3 is 10.5 Å². The summed E-state index contributed by atoms with van der Waals surface area (Å²) in [5.41, 5.74) is 9.17. The van der Waals surface area contributed by atoms with Crippen LogP contribution in [0.4, 0.5) is 14.5 Å². The van der Waals surface area contributed by atoms with Crippen molar-refractivity contribution in [3.63, 3.8) is 0 Å². The number of halogens is 2. The van der Waals surface area contributed by atoms with Crippen LogP contribution in [0, 0.1) is 11.8 Å². The molecule has 0 aliphatic carbocycles. The number of nitrogens with two attached hydrogens (primary N) is 1. The van der Waals surface area contributed by atoms with E-state index >= 15 is 0 Å². The Balaban J connectivity index is 1.93. The van der Waals surface area contributed by atoms with E-state index in [4.69, 9.17) is 5.73 Å². The van der Waals surface area contributed by atoms with E-state index in [-0.39, 0.29) is 11.7 Å². The van der Waals surface area contributed by atoms with Crippen LogP contribution in [-0.2, 0) is 0 Å². The second-order valence-corrected chi connectivity index (χ2v) is 5.68. The first kappa shape index (κ1) is 17.5. The monoisotopic (exact) mass is 349 g/mol. The molecule has 1 atom stereocenters. The molecule has 4 heteroatoms. The highest BCUT2D eigenvalue weighted by molar-refractivity contribution is 5.48. The van der Waals surface area contributed by atoms with Crippen molar-refractivity contribution >= 4 is 5.69 Å². The highest BCUT2D eigenvalue weighted by Crippen LogP contribution is 2.26. The zero-order valence-corrected chi connectivity index (χ0v) is 13.9. The van der Waals surface area contributed by atoms with Crippen LogP contribution in [0.2, 0.25) is 0 Å². The van der Waals surface area contributed by atoms with Crippen LogP contribution in [0.5, 0.6) is 5.75 Å². The smallest absolute Gasteiger partial charge is 0.387 e. The largest absolute Gasteiger partial charge is 0.435 e. The summed E-state index contributed by atoms with van der Waals surface area (Å²) in [5.74, 6) is 6.37. The van der Waals surface area contributed by atoms with Crippen LogP contribution in [0.1, 0.15) is 22.6 Å². The van der Waals surface area contributed by atoms with Crippen LogP contribution in [0.25, 0.3) is 0 Å². The lowest BCUT2D eigenvalue weighted by molar-refractivity contribution is -0.0498. The predicted molar refractivity (Wildman–Crippen MR) is 99.1 cm³/mol.